The first kappa shape index (κ1) is 62.1. The van der Waals surface area contributed by atoms with Crippen LogP contribution < -0.4 is 0 Å². The lowest BCUT2D eigenvalue weighted by molar-refractivity contribution is -0.167. The molecular weight excluding hydrogens is 793 g/mol. The van der Waals surface area contributed by atoms with E-state index in [9.17, 15) is 14.4 Å². The van der Waals surface area contributed by atoms with Crippen molar-refractivity contribution in [3.8, 4) is 0 Å². The minimum atomic E-state index is -0.768. The number of ether oxygens (including phenoxy) is 3. The van der Waals surface area contributed by atoms with Crippen LogP contribution in [0.15, 0.2) is 12.2 Å². The van der Waals surface area contributed by atoms with Crippen LogP contribution in [0.1, 0.15) is 323 Å². The van der Waals surface area contributed by atoms with E-state index >= 15 is 0 Å². The zero-order valence-electron chi connectivity index (χ0n) is 43.3. The van der Waals surface area contributed by atoms with Gasteiger partial charge in [0.1, 0.15) is 13.2 Å². The van der Waals surface area contributed by atoms with E-state index < -0.39 is 6.10 Å². The van der Waals surface area contributed by atoms with E-state index in [1.54, 1.807) is 0 Å². The SMILES string of the molecule is CCCCCCCC/C=C\CCCCCCCC(=O)O[C@H](COC(=O)CCCCCCCCCCCCCCCCC)COC(=O)CCCCCCCCCCCCCCCCCC. The lowest BCUT2D eigenvalue weighted by atomic mass is 10.0. The Morgan fingerprint density at radius 2 is 0.516 bits per heavy atom. The molecule has 0 heterocycles. The van der Waals surface area contributed by atoms with E-state index in [0.717, 1.165) is 64.2 Å². The topological polar surface area (TPSA) is 78.9 Å². The second-order valence-corrected chi connectivity index (χ2v) is 19.6. The second-order valence-electron chi connectivity index (χ2n) is 19.6. The van der Waals surface area contributed by atoms with Gasteiger partial charge in [-0.05, 0) is 44.9 Å². The number of unbranched alkanes of at least 4 members (excludes halogenated alkanes) is 40. The first-order valence-corrected chi connectivity index (χ1v) is 28.7. The van der Waals surface area contributed by atoms with Crippen molar-refractivity contribution in [1.29, 1.82) is 0 Å². The van der Waals surface area contributed by atoms with Crippen LogP contribution in [0, 0.1) is 0 Å². The van der Waals surface area contributed by atoms with Gasteiger partial charge in [0.25, 0.3) is 0 Å². The van der Waals surface area contributed by atoms with Crippen molar-refractivity contribution >= 4 is 17.9 Å². The van der Waals surface area contributed by atoms with Gasteiger partial charge < -0.3 is 14.2 Å². The van der Waals surface area contributed by atoms with Crippen LogP contribution in [0.25, 0.3) is 0 Å². The summed E-state index contributed by atoms with van der Waals surface area (Å²) in [7, 11) is 0. The van der Waals surface area contributed by atoms with E-state index in [1.807, 2.05) is 0 Å². The number of hydrogen-bond acceptors (Lipinski definition) is 6. The molecule has 0 saturated heterocycles. The smallest absolute Gasteiger partial charge is 0.306 e. The molecule has 0 fully saturated rings. The fraction of sp³-hybridized carbons (Fsp3) is 0.914. The lowest BCUT2D eigenvalue weighted by Crippen LogP contribution is -2.30. The summed E-state index contributed by atoms with van der Waals surface area (Å²) in [5.74, 6) is -0.852. The van der Waals surface area contributed by atoms with Crippen molar-refractivity contribution in [3.63, 3.8) is 0 Å². The molecule has 0 bridgehead atoms. The van der Waals surface area contributed by atoms with Crippen LogP contribution in [-0.4, -0.2) is 37.2 Å². The third-order valence-electron chi connectivity index (χ3n) is 13.0. The normalized spacial score (nSPS) is 12.0. The van der Waals surface area contributed by atoms with E-state index in [0.29, 0.717) is 19.3 Å². The zero-order valence-corrected chi connectivity index (χ0v) is 43.3. The van der Waals surface area contributed by atoms with Crippen LogP contribution in [0.4, 0.5) is 0 Å². The van der Waals surface area contributed by atoms with Gasteiger partial charge in [-0.25, -0.2) is 0 Å². The largest absolute Gasteiger partial charge is 0.462 e. The zero-order chi connectivity index (χ0) is 46.5. The molecule has 378 valence electrons. The number of rotatable bonds is 53. The fourth-order valence-corrected chi connectivity index (χ4v) is 8.68. The number of carbonyl (C=O) groups excluding carboxylic acids is 3. The average Bonchev–Trinajstić information content (AvgIpc) is 3.29. The van der Waals surface area contributed by atoms with Crippen molar-refractivity contribution in [3.05, 3.63) is 12.2 Å². The quantitative estimate of drug-likeness (QED) is 0.0262. The minimum Gasteiger partial charge on any atom is -0.462 e. The van der Waals surface area contributed by atoms with Crippen molar-refractivity contribution < 1.29 is 28.6 Å². The number of hydrogen-bond donors (Lipinski definition) is 0. The molecule has 0 N–H and O–H groups in total. The predicted molar refractivity (Wildman–Crippen MR) is 275 cm³/mol. The molecule has 0 aromatic rings. The van der Waals surface area contributed by atoms with Crippen molar-refractivity contribution in [2.75, 3.05) is 13.2 Å². The van der Waals surface area contributed by atoms with Gasteiger partial charge in [0, 0.05) is 19.3 Å². The van der Waals surface area contributed by atoms with Gasteiger partial charge in [0.2, 0.25) is 0 Å². The highest BCUT2D eigenvalue weighted by Crippen LogP contribution is 2.17. The Morgan fingerprint density at radius 3 is 0.781 bits per heavy atom. The fourth-order valence-electron chi connectivity index (χ4n) is 8.68. The first-order chi connectivity index (χ1) is 31.5. The molecule has 0 rings (SSSR count). The molecule has 1 atom stereocenters. The third kappa shape index (κ3) is 51.1. The Morgan fingerprint density at radius 1 is 0.297 bits per heavy atom. The Kier molecular flexibility index (Phi) is 52.2. The molecule has 0 radical (unpaired) electrons. The summed E-state index contributed by atoms with van der Waals surface area (Å²) in [6.07, 6.45) is 60.5. The molecule has 0 aromatic heterocycles. The van der Waals surface area contributed by atoms with Gasteiger partial charge in [-0.3, -0.25) is 14.4 Å². The highest BCUT2D eigenvalue weighted by Gasteiger charge is 2.19. The Balaban J connectivity index is 4.32. The molecule has 64 heavy (non-hydrogen) atoms. The van der Waals surface area contributed by atoms with Gasteiger partial charge in [-0.15, -0.1) is 0 Å². The molecule has 0 aliphatic rings. The lowest BCUT2D eigenvalue weighted by Gasteiger charge is -2.18. The first-order valence-electron chi connectivity index (χ1n) is 28.7. The van der Waals surface area contributed by atoms with Gasteiger partial charge in [0.15, 0.2) is 6.10 Å². The summed E-state index contributed by atoms with van der Waals surface area (Å²) in [5, 5.41) is 0. The molecule has 0 saturated carbocycles. The monoisotopic (exact) mass is 903 g/mol. The average molecular weight is 904 g/mol. The van der Waals surface area contributed by atoms with E-state index in [2.05, 4.69) is 32.9 Å². The molecule has 0 spiro atoms. The van der Waals surface area contributed by atoms with Crippen molar-refractivity contribution in [2.45, 2.75) is 329 Å². The summed E-state index contributed by atoms with van der Waals surface area (Å²) in [5.41, 5.74) is 0. The van der Waals surface area contributed by atoms with Crippen LogP contribution in [-0.2, 0) is 28.6 Å². The van der Waals surface area contributed by atoms with Crippen LogP contribution in [0.3, 0.4) is 0 Å². The summed E-state index contributed by atoms with van der Waals surface area (Å²) in [4.78, 5) is 38.1. The van der Waals surface area contributed by atoms with Gasteiger partial charge in [0.05, 0.1) is 0 Å². The molecule has 0 amide bonds. The maximum absolute atomic E-state index is 12.8. The van der Waals surface area contributed by atoms with Gasteiger partial charge in [-0.2, -0.15) is 0 Å². The number of allylic oxidation sites excluding steroid dienone is 2. The predicted octanol–water partition coefficient (Wildman–Crippen LogP) is 18.9. The maximum atomic E-state index is 12.8. The van der Waals surface area contributed by atoms with Gasteiger partial charge in [-0.1, -0.05) is 270 Å². The molecular formula is C58H110O6. The summed E-state index contributed by atoms with van der Waals surface area (Å²) < 4.78 is 16.9. The number of carbonyl (C=O) groups is 3. The third-order valence-corrected chi connectivity index (χ3v) is 13.0. The summed E-state index contributed by atoms with van der Waals surface area (Å²) in [6, 6.07) is 0. The Hall–Kier alpha value is -1.85. The summed E-state index contributed by atoms with van der Waals surface area (Å²) >= 11 is 0. The molecule has 0 aliphatic heterocycles. The van der Waals surface area contributed by atoms with E-state index in [-0.39, 0.29) is 31.1 Å². The minimum absolute atomic E-state index is 0.0674. The Bertz CT molecular complexity index is 993. The van der Waals surface area contributed by atoms with Crippen LogP contribution in [0.2, 0.25) is 0 Å². The second kappa shape index (κ2) is 53.8. The van der Waals surface area contributed by atoms with Crippen molar-refractivity contribution in [2.24, 2.45) is 0 Å². The highest BCUT2D eigenvalue weighted by atomic mass is 16.6. The number of esters is 3. The highest BCUT2D eigenvalue weighted by molar-refractivity contribution is 5.71. The maximum Gasteiger partial charge on any atom is 0.306 e. The molecule has 6 nitrogen and oxygen atoms in total. The van der Waals surface area contributed by atoms with Gasteiger partial charge >= 0.3 is 17.9 Å². The molecule has 0 aromatic carbocycles. The summed E-state index contributed by atoms with van der Waals surface area (Å²) in [6.45, 7) is 6.68. The molecule has 0 unspecified atom stereocenters. The van der Waals surface area contributed by atoms with E-state index in [4.69, 9.17) is 14.2 Å². The van der Waals surface area contributed by atoms with Crippen LogP contribution in [0.5, 0.6) is 0 Å². The standard InChI is InChI=1S/C58H110O6/c1-4-7-10-13-16-19-22-25-28-31-33-36-39-42-45-48-51-57(60)63-54-55(64-58(61)52-49-46-43-40-37-34-30-27-24-21-18-15-12-9-6-3)53-62-56(59)50-47-44-41-38-35-32-29-26-23-20-17-14-11-8-5-2/h27,30,55H,4-26,28-29,31-54H2,1-3H3/b30-27-/t55-/m1/s1. The van der Waals surface area contributed by atoms with Crippen molar-refractivity contribution in [1.82, 2.24) is 0 Å². The van der Waals surface area contributed by atoms with Crippen LogP contribution >= 0.6 is 0 Å². The molecule has 6 heteroatoms. The molecule has 0 aliphatic carbocycles. The van der Waals surface area contributed by atoms with E-state index in [1.165, 1.54) is 218 Å². The Labute approximate surface area is 399 Å².